The average molecular weight is 261 g/mol. The van der Waals surface area contributed by atoms with Crippen LogP contribution in [0.25, 0.3) is 0 Å². The highest BCUT2D eigenvalue weighted by atomic mass is 32.9. The topological polar surface area (TPSA) is 117 Å². The van der Waals surface area contributed by atoms with Crippen LogP contribution in [-0.2, 0) is 11.1 Å². The van der Waals surface area contributed by atoms with Crippen molar-refractivity contribution in [3.05, 3.63) is 19.3 Å². The average Bonchev–Trinajstić information content (AvgIpc) is 2.27. The Morgan fingerprint density at radius 2 is 1.50 bits per heavy atom. The first-order valence-electron chi connectivity index (χ1n) is 3.24. The minimum absolute atomic E-state index is 0.146. The van der Waals surface area contributed by atoms with Crippen LogP contribution in [0.5, 0.6) is 0 Å². The number of aromatic nitrogens is 1. The van der Waals surface area contributed by atoms with Crippen molar-refractivity contribution < 1.29 is 19.2 Å². The number of hydrogen-bond acceptors (Lipinski definition) is 5. The molecule has 0 saturated heterocycles. The summed E-state index contributed by atoms with van der Waals surface area (Å²) in [5.41, 5.74) is 0. The molecular formula is C4H8NO6PS2. The lowest BCUT2D eigenvalue weighted by Crippen LogP contribution is -2.22. The van der Waals surface area contributed by atoms with Gasteiger partial charge in [0.2, 0.25) is 0 Å². The minimum Gasteiger partial charge on any atom is -0.303 e. The van der Waals surface area contributed by atoms with Gasteiger partial charge < -0.3 is 14.7 Å². The van der Waals surface area contributed by atoms with Crippen molar-refractivity contribution in [3.8, 4) is 0 Å². The van der Waals surface area contributed by atoms with Gasteiger partial charge in [-0.25, -0.2) is 4.57 Å². The molecule has 82 valence electrons. The Bertz CT molecular complexity index is 390. The van der Waals surface area contributed by atoms with Gasteiger partial charge in [-0.3, -0.25) is 14.2 Å². The quantitative estimate of drug-likeness (QED) is 0.460. The molecule has 0 atom stereocenters. The van der Waals surface area contributed by atoms with E-state index >= 15 is 0 Å². The van der Waals surface area contributed by atoms with Crippen molar-refractivity contribution >= 4 is 28.5 Å². The predicted molar refractivity (Wildman–Crippen MR) is 52.7 cm³/mol. The van der Waals surface area contributed by atoms with E-state index in [1.807, 2.05) is 0 Å². The first kappa shape index (κ1) is 13.7. The molecule has 14 heavy (non-hydrogen) atoms. The molecule has 0 amide bonds. The molecule has 1 aromatic rings. The molecule has 0 aliphatic rings. The fourth-order valence-electron chi connectivity index (χ4n) is 0.494. The van der Waals surface area contributed by atoms with Gasteiger partial charge in [0.05, 0.1) is 0 Å². The molecule has 0 aliphatic carbocycles. The Hall–Kier alpha value is -0.310. The van der Waals surface area contributed by atoms with Crippen LogP contribution < -0.4 is 9.75 Å². The maximum Gasteiger partial charge on any atom is 0.466 e. The van der Waals surface area contributed by atoms with Gasteiger partial charge in [-0.2, -0.15) is 0 Å². The van der Waals surface area contributed by atoms with Gasteiger partial charge in [-0.05, 0) is 27.6 Å². The molecule has 0 spiro atoms. The first-order valence-corrected chi connectivity index (χ1v) is 6.95. The molecule has 1 rings (SSSR count). The van der Waals surface area contributed by atoms with Crippen molar-refractivity contribution in [2.45, 2.75) is 13.5 Å². The van der Waals surface area contributed by atoms with Crippen LogP contribution in [0.1, 0.15) is 6.92 Å². The van der Waals surface area contributed by atoms with Crippen molar-refractivity contribution in [1.29, 1.82) is 0 Å². The maximum absolute atomic E-state index is 10.7. The van der Waals surface area contributed by atoms with Gasteiger partial charge in [-0.15, -0.1) is 0 Å². The van der Waals surface area contributed by atoms with E-state index < -0.39 is 7.82 Å². The Labute approximate surface area is 85.5 Å². The van der Waals surface area contributed by atoms with E-state index in [0.29, 0.717) is 6.54 Å². The third-order valence-electron chi connectivity index (χ3n) is 0.941. The molecule has 10 heteroatoms. The normalized spacial score (nSPS) is 10.6. The number of hydrogen-bond donors (Lipinski definition) is 3. The van der Waals surface area contributed by atoms with E-state index in [-0.39, 0.29) is 9.75 Å². The van der Waals surface area contributed by atoms with E-state index in [1.54, 1.807) is 6.92 Å². The van der Waals surface area contributed by atoms with Gasteiger partial charge in [0.1, 0.15) is 0 Å². The summed E-state index contributed by atoms with van der Waals surface area (Å²) in [6, 6.07) is 0. The van der Waals surface area contributed by atoms with Gasteiger partial charge in [0, 0.05) is 6.54 Å². The van der Waals surface area contributed by atoms with Crippen LogP contribution in [0.3, 0.4) is 0 Å². The molecule has 3 N–H and O–H groups in total. The van der Waals surface area contributed by atoms with E-state index in [4.69, 9.17) is 19.2 Å². The van der Waals surface area contributed by atoms with Gasteiger partial charge in [0.25, 0.3) is 0 Å². The summed E-state index contributed by atoms with van der Waals surface area (Å²) in [6.07, 6.45) is 0. The molecule has 1 heterocycles. The smallest absolute Gasteiger partial charge is 0.303 e. The molecule has 0 aliphatic heterocycles. The van der Waals surface area contributed by atoms with Crippen LogP contribution in [0.15, 0.2) is 9.59 Å². The second-order valence-corrected chi connectivity index (χ2v) is 5.01. The summed E-state index contributed by atoms with van der Waals surface area (Å²) in [7, 11) is -2.65. The summed E-state index contributed by atoms with van der Waals surface area (Å²) in [5, 5.41) is 0. The number of rotatable bonds is 1. The molecule has 7 nitrogen and oxygen atoms in total. The highest BCUT2D eigenvalue weighted by Gasteiger charge is 2.00. The lowest BCUT2D eigenvalue weighted by molar-refractivity contribution is 0.275. The lowest BCUT2D eigenvalue weighted by atomic mass is 10.7. The van der Waals surface area contributed by atoms with Crippen LogP contribution in [0.2, 0.25) is 0 Å². The van der Waals surface area contributed by atoms with Crippen molar-refractivity contribution in [2.75, 3.05) is 0 Å². The standard InChI is InChI=1S/C4H5NO2S2.H3O4P/c1-2-5-3(6)8-9-4(5)7;1-5(2,3)4/h2H2,1H3;(H3,1,2,3,4). The molecule has 0 fully saturated rings. The summed E-state index contributed by atoms with van der Waals surface area (Å²) < 4.78 is 10.1. The van der Waals surface area contributed by atoms with Crippen molar-refractivity contribution in [1.82, 2.24) is 4.57 Å². The second-order valence-electron chi connectivity index (χ2n) is 1.96. The highest BCUT2D eigenvalue weighted by Crippen LogP contribution is 2.25. The fraction of sp³-hybridized carbons (Fsp3) is 0.500. The Kier molecular flexibility index (Phi) is 5.42. The van der Waals surface area contributed by atoms with E-state index in [1.165, 1.54) is 4.57 Å². The Morgan fingerprint density at radius 3 is 1.64 bits per heavy atom. The minimum atomic E-state index is -4.64. The zero-order valence-corrected chi connectivity index (χ0v) is 9.51. The monoisotopic (exact) mass is 261 g/mol. The third kappa shape index (κ3) is 6.19. The zero-order valence-electron chi connectivity index (χ0n) is 6.98. The molecule has 0 aromatic carbocycles. The Balaban J connectivity index is 0.000000292. The van der Waals surface area contributed by atoms with Crippen LogP contribution in [-0.4, -0.2) is 19.2 Å². The second kappa shape index (κ2) is 5.54. The van der Waals surface area contributed by atoms with E-state index in [0.717, 1.165) is 20.7 Å². The molecule has 0 saturated carbocycles. The lowest BCUT2D eigenvalue weighted by Gasteiger charge is -1.85. The Morgan fingerprint density at radius 1 is 1.21 bits per heavy atom. The maximum atomic E-state index is 10.7. The van der Waals surface area contributed by atoms with Gasteiger partial charge >= 0.3 is 17.6 Å². The van der Waals surface area contributed by atoms with Crippen molar-refractivity contribution in [2.24, 2.45) is 0 Å². The largest absolute Gasteiger partial charge is 0.466 e. The fourth-order valence-corrected chi connectivity index (χ4v) is 2.27. The zero-order chi connectivity index (χ0) is 11.4. The van der Waals surface area contributed by atoms with E-state index in [9.17, 15) is 9.59 Å². The molecular weight excluding hydrogens is 253 g/mol. The van der Waals surface area contributed by atoms with Gasteiger partial charge in [-0.1, -0.05) is 0 Å². The SMILES string of the molecule is CCn1c(=O)ssc1=O.O=P(O)(O)O. The van der Waals surface area contributed by atoms with Crippen molar-refractivity contribution in [3.63, 3.8) is 0 Å². The third-order valence-corrected chi connectivity index (χ3v) is 2.86. The van der Waals surface area contributed by atoms with Crippen LogP contribution in [0, 0.1) is 0 Å². The molecule has 0 unspecified atom stereocenters. The molecule has 0 bridgehead atoms. The van der Waals surface area contributed by atoms with Crippen LogP contribution in [0.4, 0.5) is 0 Å². The first-order chi connectivity index (χ1) is 6.25. The summed E-state index contributed by atoms with van der Waals surface area (Å²) in [4.78, 5) is 42.6. The number of nitrogens with zero attached hydrogens (tertiary/aromatic N) is 1. The molecule has 1 aromatic heterocycles. The summed E-state index contributed by atoms with van der Waals surface area (Å²) in [6.45, 7) is 2.26. The summed E-state index contributed by atoms with van der Waals surface area (Å²) >= 11 is 0. The highest BCUT2D eigenvalue weighted by molar-refractivity contribution is 7.67. The van der Waals surface area contributed by atoms with Crippen LogP contribution >= 0.6 is 28.5 Å². The predicted octanol–water partition coefficient (Wildman–Crippen LogP) is -0.577. The summed E-state index contributed by atoms with van der Waals surface area (Å²) in [5.74, 6) is 0. The number of phosphoric acid groups is 1. The van der Waals surface area contributed by atoms with E-state index in [2.05, 4.69) is 0 Å². The molecule has 0 radical (unpaired) electrons. The van der Waals surface area contributed by atoms with Gasteiger partial charge in [0.15, 0.2) is 0 Å².